The summed E-state index contributed by atoms with van der Waals surface area (Å²) in [6.45, 7) is 1.91. The van der Waals surface area contributed by atoms with Crippen LogP contribution in [0.5, 0.6) is 5.75 Å². The first kappa shape index (κ1) is 24.8. The fourth-order valence-electron chi connectivity index (χ4n) is 4.58. The summed E-state index contributed by atoms with van der Waals surface area (Å²) in [5.41, 5.74) is 1.51. The SMILES string of the molecule is CCOC(=O)c1c(-c2ccccc2)oc2ccc(OC(=O)c3nn(-c4ccccc4)c(=O)c4ccccc34)cc12. The molecule has 2 heterocycles. The van der Waals surface area contributed by atoms with Gasteiger partial charge in [-0.05, 0) is 43.3 Å². The highest BCUT2D eigenvalue weighted by molar-refractivity contribution is 6.09. The Kier molecular flexibility index (Phi) is 6.41. The maximum atomic E-state index is 13.5. The lowest BCUT2D eigenvalue weighted by molar-refractivity contribution is 0.0528. The number of rotatable bonds is 6. The summed E-state index contributed by atoms with van der Waals surface area (Å²) in [5.74, 6) is -0.775. The quantitative estimate of drug-likeness (QED) is 0.187. The zero-order valence-electron chi connectivity index (χ0n) is 21.4. The molecule has 0 bridgehead atoms. The van der Waals surface area contributed by atoms with E-state index < -0.39 is 11.9 Å². The monoisotopic (exact) mass is 530 g/mol. The minimum absolute atomic E-state index is 0.0260. The van der Waals surface area contributed by atoms with Gasteiger partial charge in [-0.25, -0.2) is 9.59 Å². The Hall–Kier alpha value is -5.50. The van der Waals surface area contributed by atoms with E-state index in [1.54, 1.807) is 73.7 Å². The first-order chi connectivity index (χ1) is 19.5. The summed E-state index contributed by atoms with van der Waals surface area (Å²) in [6.07, 6.45) is 0. The molecule has 2 aromatic heterocycles. The molecule has 8 nitrogen and oxygen atoms in total. The summed E-state index contributed by atoms with van der Waals surface area (Å²) in [7, 11) is 0. The molecule has 0 aliphatic rings. The third-order valence-corrected chi connectivity index (χ3v) is 6.38. The predicted octanol–water partition coefficient (Wildman–Crippen LogP) is 6.19. The van der Waals surface area contributed by atoms with Crippen molar-refractivity contribution in [2.45, 2.75) is 6.92 Å². The van der Waals surface area contributed by atoms with Crippen LogP contribution in [0.15, 0.2) is 112 Å². The number of aromatic nitrogens is 2. The van der Waals surface area contributed by atoms with Crippen molar-refractivity contribution in [2.24, 2.45) is 0 Å². The summed E-state index contributed by atoms with van der Waals surface area (Å²) in [4.78, 5) is 39.7. The number of benzene rings is 4. The standard InChI is InChI=1S/C32H22N2O6/c1-2-38-31(36)27-25-19-22(17-18-26(25)40-29(27)20-11-5-3-6-12-20)39-32(37)28-23-15-9-10-16-24(23)30(35)34(33-28)21-13-7-4-8-14-21/h3-19H,2H2,1H3. The van der Waals surface area contributed by atoms with Crippen LogP contribution in [0.4, 0.5) is 0 Å². The van der Waals surface area contributed by atoms with Gasteiger partial charge in [-0.15, -0.1) is 0 Å². The molecule has 0 atom stereocenters. The molecule has 6 aromatic rings. The maximum Gasteiger partial charge on any atom is 0.364 e. The van der Waals surface area contributed by atoms with E-state index in [0.29, 0.717) is 38.8 Å². The van der Waals surface area contributed by atoms with E-state index >= 15 is 0 Å². The van der Waals surface area contributed by atoms with Crippen LogP contribution in [-0.2, 0) is 4.74 Å². The number of ether oxygens (including phenoxy) is 2. The van der Waals surface area contributed by atoms with E-state index in [0.717, 1.165) is 0 Å². The number of carbonyl (C=O) groups excluding carboxylic acids is 2. The van der Waals surface area contributed by atoms with Gasteiger partial charge in [0, 0.05) is 16.3 Å². The van der Waals surface area contributed by atoms with Crippen LogP contribution in [0.3, 0.4) is 0 Å². The molecule has 0 N–H and O–H groups in total. The average Bonchev–Trinajstić information content (AvgIpc) is 3.37. The molecule has 196 valence electrons. The lowest BCUT2D eigenvalue weighted by Crippen LogP contribution is -2.25. The summed E-state index contributed by atoms with van der Waals surface area (Å²) in [5, 5.41) is 5.52. The number of hydrogen-bond acceptors (Lipinski definition) is 7. The Morgan fingerprint density at radius 3 is 2.20 bits per heavy atom. The molecule has 0 amide bonds. The van der Waals surface area contributed by atoms with Crippen LogP contribution in [0.2, 0.25) is 0 Å². The van der Waals surface area contributed by atoms with Gasteiger partial charge >= 0.3 is 11.9 Å². The Bertz CT molecular complexity index is 1940. The van der Waals surface area contributed by atoms with Crippen LogP contribution >= 0.6 is 0 Å². The summed E-state index contributed by atoms with van der Waals surface area (Å²) in [6, 6.07) is 29.6. The lowest BCUT2D eigenvalue weighted by atomic mass is 10.1. The van der Waals surface area contributed by atoms with Crippen molar-refractivity contribution in [3.8, 4) is 22.8 Å². The van der Waals surface area contributed by atoms with E-state index in [9.17, 15) is 14.4 Å². The van der Waals surface area contributed by atoms with Gasteiger partial charge in [-0.3, -0.25) is 4.79 Å². The number of para-hydroxylation sites is 1. The number of hydrogen-bond donors (Lipinski definition) is 0. The molecule has 0 radical (unpaired) electrons. The fourth-order valence-corrected chi connectivity index (χ4v) is 4.58. The normalized spacial score (nSPS) is 11.0. The molecule has 40 heavy (non-hydrogen) atoms. The van der Waals surface area contributed by atoms with Crippen LogP contribution in [0.25, 0.3) is 38.8 Å². The third-order valence-electron chi connectivity index (χ3n) is 6.38. The maximum absolute atomic E-state index is 13.5. The van der Waals surface area contributed by atoms with Crippen LogP contribution < -0.4 is 10.3 Å². The highest BCUT2D eigenvalue weighted by atomic mass is 16.5. The van der Waals surface area contributed by atoms with Gasteiger partial charge in [0.1, 0.15) is 22.7 Å². The highest BCUT2D eigenvalue weighted by Gasteiger charge is 2.25. The number of nitrogens with zero attached hydrogens (tertiary/aromatic N) is 2. The number of fused-ring (bicyclic) bond motifs is 2. The zero-order chi connectivity index (χ0) is 27.6. The smallest absolute Gasteiger partial charge is 0.364 e. The molecule has 0 spiro atoms. The molecule has 0 unspecified atom stereocenters. The molecule has 4 aromatic carbocycles. The van der Waals surface area contributed by atoms with Crippen LogP contribution in [-0.4, -0.2) is 28.3 Å². The molecule has 8 heteroatoms. The lowest BCUT2D eigenvalue weighted by Gasteiger charge is -2.11. The second-order valence-electron chi connectivity index (χ2n) is 8.89. The number of esters is 2. The van der Waals surface area contributed by atoms with Crippen LogP contribution in [0.1, 0.15) is 27.8 Å². The molecular formula is C32H22N2O6. The van der Waals surface area contributed by atoms with Gasteiger partial charge in [-0.2, -0.15) is 9.78 Å². The van der Waals surface area contributed by atoms with Gasteiger partial charge in [0.2, 0.25) is 0 Å². The van der Waals surface area contributed by atoms with Gasteiger partial charge < -0.3 is 13.9 Å². The van der Waals surface area contributed by atoms with E-state index in [2.05, 4.69) is 5.10 Å². The molecule has 0 aliphatic carbocycles. The largest absolute Gasteiger partial charge is 0.462 e. The van der Waals surface area contributed by atoms with Gasteiger partial charge in [0.15, 0.2) is 5.69 Å². The number of carbonyl (C=O) groups is 2. The van der Waals surface area contributed by atoms with Gasteiger partial charge in [0.25, 0.3) is 5.56 Å². The highest BCUT2D eigenvalue weighted by Crippen LogP contribution is 2.36. The predicted molar refractivity (Wildman–Crippen MR) is 150 cm³/mol. The molecule has 6 rings (SSSR count). The van der Waals surface area contributed by atoms with Crippen molar-refractivity contribution < 1.29 is 23.5 Å². The first-order valence-corrected chi connectivity index (χ1v) is 12.6. The van der Waals surface area contributed by atoms with Crippen LogP contribution in [0, 0.1) is 0 Å². The molecule has 0 saturated carbocycles. The van der Waals surface area contributed by atoms with Crippen molar-refractivity contribution in [1.29, 1.82) is 0 Å². The van der Waals surface area contributed by atoms with Gasteiger partial charge in [0.05, 0.1) is 17.7 Å². The Morgan fingerprint density at radius 1 is 0.800 bits per heavy atom. The molecule has 0 saturated heterocycles. The number of furan rings is 1. The molecular weight excluding hydrogens is 508 g/mol. The van der Waals surface area contributed by atoms with E-state index in [-0.39, 0.29) is 29.2 Å². The first-order valence-electron chi connectivity index (χ1n) is 12.6. The van der Waals surface area contributed by atoms with Crippen molar-refractivity contribution >= 4 is 33.7 Å². The minimum atomic E-state index is -0.760. The minimum Gasteiger partial charge on any atom is -0.462 e. The Morgan fingerprint density at radius 2 is 1.48 bits per heavy atom. The van der Waals surface area contributed by atoms with E-state index in [4.69, 9.17) is 13.9 Å². The van der Waals surface area contributed by atoms with Crippen molar-refractivity contribution in [3.05, 3.63) is 125 Å². The fraction of sp³-hybridized carbons (Fsp3) is 0.0625. The van der Waals surface area contributed by atoms with Crippen molar-refractivity contribution in [3.63, 3.8) is 0 Å². The summed E-state index contributed by atoms with van der Waals surface area (Å²) < 4.78 is 18.3. The van der Waals surface area contributed by atoms with Crippen molar-refractivity contribution in [2.75, 3.05) is 6.61 Å². The zero-order valence-corrected chi connectivity index (χ0v) is 21.4. The second kappa shape index (κ2) is 10.3. The van der Waals surface area contributed by atoms with E-state index in [1.165, 1.54) is 4.68 Å². The molecule has 0 fully saturated rings. The van der Waals surface area contributed by atoms with Gasteiger partial charge in [-0.1, -0.05) is 66.7 Å². The average molecular weight is 531 g/mol. The van der Waals surface area contributed by atoms with Crippen molar-refractivity contribution in [1.82, 2.24) is 9.78 Å². The molecule has 0 aliphatic heterocycles. The Balaban J connectivity index is 1.44. The Labute approximate surface area is 228 Å². The second-order valence-corrected chi connectivity index (χ2v) is 8.89. The third kappa shape index (κ3) is 4.41. The topological polar surface area (TPSA) is 101 Å². The summed E-state index contributed by atoms with van der Waals surface area (Å²) >= 11 is 0. The van der Waals surface area contributed by atoms with E-state index in [1.807, 2.05) is 36.4 Å².